The highest BCUT2D eigenvalue weighted by atomic mass is 16.2. The zero-order chi connectivity index (χ0) is 16.7. The van der Waals surface area contributed by atoms with Crippen LogP contribution < -0.4 is 10.6 Å². The molecule has 1 saturated heterocycles. The molecule has 0 bridgehead atoms. The molecule has 7 heteroatoms. The first-order valence-corrected chi connectivity index (χ1v) is 8.55. The Morgan fingerprint density at radius 3 is 2.57 bits per heavy atom. The Labute approximate surface area is 138 Å². The van der Waals surface area contributed by atoms with Crippen molar-refractivity contribution in [1.29, 1.82) is 5.26 Å². The predicted molar refractivity (Wildman–Crippen MR) is 86.3 cm³/mol. The van der Waals surface area contributed by atoms with Gasteiger partial charge in [0.1, 0.15) is 6.04 Å². The molecule has 1 aliphatic carbocycles. The molecule has 23 heavy (non-hydrogen) atoms. The van der Waals surface area contributed by atoms with Crippen LogP contribution in [0.5, 0.6) is 0 Å². The van der Waals surface area contributed by atoms with Gasteiger partial charge in [0.15, 0.2) is 6.19 Å². The molecule has 2 aliphatic rings. The number of likely N-dealkylation sites (N-methyl/N-ethyl adjacent to an activating group) is 1. The summed E-state index contributed by atoms with van der Waals surface area (Å²) in [7, 11) is 1.45. The van der Waals surface area contributed by atoms with Crippen molar-refractivity contribution in [3.63, 3.8) is 0 Å². The topological polar surface area (TPSA) is 88.5 Å². The highest BCUT2D eigenvalue weighted by molar-refractivity contribution is 5.87. The van der Waals surface area contributed by atoms with E-state index < -0.39 is 6.04 Å². The molecule has 0 radical (unpaired) electrons. The number of nitriles is 1. The number of piperazine rings is 1. The highest BCUT2D eigenvalue weighted by Gasteiger charge is 2.29. The Hall–Kier alpha value is -1.81. The van der Waals surface area contributed by atoms with E-state index in [0.717, 1.165) is 30.8 Å². The van der Waals surface area contributed by atoms with Gasteiger partial charge < -0.3 is 15.5 Å². The summed E-state index contributed by atoms with van der Waals surface area (Å²) in [5, 5.41) is 15.0. The van der Waals surface area contributed by atoms with Crippen LogP contribution in [0.15, 0.2) is 0 Å². The molecule has 2 N–H and O–H groups in total. The van der Waals surface area contributed by atoms with Crippen LogP contribution in [-0.4, -0.2) is 61.0 Å². The summed E-state index contributed by atoms with van der Waals surface area (Å²) in [5.41, 5.74) is 0. The van der Waals surface area contributed by atoms with E-state index in [4.69, 9.17) is 5.26 Å². The number of rotatable bonds is 4. The molecule has 128 valence electrons. The number of hydrogen-bond donors (Lipinski definition) is 2. The summed E-state index contributed by atoms with van der Waals surface area (Å²) in [5.74, 6) is 0.134. The van der Waals surface area contributed by atoms with Crippen LogP contribution in [-0.2, 0) is 4.79 Å². The van der Waals surface area contributed by atoms with Crippen LogP contribution in [0.4, 0.5) is 4.79 Å². The van der Waals surface area contributed by atoms with E-state index in [9.17, 15) is 9.59 Å². The molecule has 1 saturated carbocycles. The summed E-state index contributed by atoms with van der Waals surface area (Å²) >= 11 is 0. The zero-order valence-electron chi connectivity index (χ0n) is 13.9. The van der Waals surface area contributed by atoms with Crippen molar-refractivity contribution in [2.24, 2.45) is 5.92 Å². The number of nitrogens with zero attached hydrogens (tertiary/aromatic N) is 3. The van der Waals surface area contributed by atoms with E-state index >= 15 is 0 Å². The van der Waals surface area contributed by atoms with E-state index in [1.54, 1.807) is 4.90 Å². The lowest BCUT2D eigenvalue weighted by Crippen LogP contribution is -2.55. The maximum absolute atomic E-state index is 12.4. The molecule has 0 aromatic carbocycles. The molecule has 2 fully saturated rings. The number of carbonyl (C=O) groups excluding carboxylic acids is 2. The van der Waals surface area contributed by atoms with Gasteiger partial charge >= 0.3 is 6.03 Å². The Morgan fingerprint density at radius 1 is 1.30 bits per heavy atom. The van der Waals surface area contributed by atoms with Gasteiger partial charge in [0.2, 0.25) is 0 Å². The van der Waals surface area contributed by atoms with Gasteiger partial charge in [-0.1, -0.05) is 32.1 Å². The van der Waals surface area contributed by atoms with Crippen molar-refractivity contribution in [2.75, 3.05) is 33.2 Å². The third-order valence-corrected chi connectivity index (χ3v) is 4.77. The molecule has 7 nitrogen and oxygen atoms in total. The molecule has 0 aromatic rings. The van der Waals surface area contributed by atoms with Crippen molar-refractivity contribution in [3.8, 4) is 6.19 Å². The molecule has 0 unspecified atom stereocenters. The Kier molecular flexibility index (Phi) is 6.66. The van der Waals surface area contributed by atoms with Gasteiger partial charge in [-0.05, 0) is 12.3 Å². The van der Waals surface area contributed by atoms with Crippen LogP contribution in [0.2, 0.25) is 0 Å². The third kappa shape index (κ3) is 5.10. The van der Waals surface area contributed by atoms with Gasteiger partial charge in [-0.2, -0.15) is 5.26 Å². The van der Waals surface area contributed by atoms with Gasteiger partial charge in [0.05, 0.1) is 0 Å². The van der Waals surface area contributed by atoms with Gasteiger partial charge in [0.25, 0.3) is 5.91 Å². The van der Waals surface area contributed by atoms with Crippen LogP contribution in [0.1, 0.15) is 38.5 Å². The monoisotopic (exact) mass is 321 g/mol. The van der Waals surface area contributed by atoms with Crippen LogP contribution in [0.3, 0.4) is 0 Å². The standard InChI is InChI=1S/C16H27N5O2/c1-20(12-17)15(22)14(11-13-5-3-2-4-6-13)19-16(23)21-9-7-18-8-10-21/h13-14,18H,2-11H2,1H3,(H,19,23)/t14-/m0/s1. The normalized spacial score (nSPS) is 20.4. The van der Waals surface area contributed by atoms with Crippen molar-refractivity contribution < 1.29 is 9.59 Å². The average Bonchev–Trinajstić information content (AvgIpc) is 2.61. The number of hydrogen-bond acceptors (Lipinski definition) is 4. The Balaban J connectivity index is 1.98. The minimum atomic E-state index is -0.606. The van der Waals surface area contributed by atoms with E-state index in [2.05, 4.69) is 10.6 Å². The summed E-state index contributed by atoms with van der Waals surface area (Å²) in [6, 6.07) is -0.808. The number of carbonyl (C=O) groups is 2. The first-order chi connectivity index (χ1) is 11.1. The smallest absolute Gasteiger partial charge is 0.318 e. The van der Waals surface area contributed by atoms with Gasteiger partial charge in [-0.25, -0.2) is 4.79 Å². The van der Waals surface area contributed by atoms with Crippen molar-refractivity contribution >= 4 is 11.9 Å². The summed E-state index contributed by atoms with van der Waals surface area (Å²) in [6.07, 6.45) is 8.30. The number of amides is 3. The molecule has 1 heterocycles. The summed E-state index contributed by atoms with van der Waals surface area (Å²) in [4.78, 5) is 27.6. The zero-order valence-corrected chi connectivity index (χ0v) is 13.9. The number of urea groups is 1. The maximum atomic E-state index is 12.4. The first kappa shape index (κ1) is 17.5. The molecule has 3 amide bonds. The maximum Gasteiger partial charge on any atom is 0.318 e. The lowest BCUT2D eigenvalue weighted by molar-refractivity contribution is -0.129. The molecule has 2 rings (SSSR count). The first-order valence-electron chi connectivity index (χ1n) is 8.55. The lowest BCUT2D eigenvalue weighted by atomic mass is 9.84. The van der Waals surface area contributed by atoms with E-state index in [1.165, 1.54) is 26.3 Å². The molecule has 0 aromatic heterocycles. The highest BCUT2D eigenvalue weighted by Crippen LogP contribution is 2.27. The second-order valence-corrected chi connectivity index (χ2v) is 6.48. The van der Waals surface area contributed by atoms with Gasteiger partial charge in [0, 0.05) is 33.2 Å². The lowest BCUT2D eigenvalue weighted by Gasteiger charge is -2.31. The van der Waals surface area contributed by atoms with Crippen molar-refractivity contribution in [3.05, 3.63) is 0 Å². The molecular weight excluding hydrogens is 294 g/mol. The Morgan fingerprint density at radius 2 is 1.96 bits per heavy atom. The molecule has 1 atom stereocenters. The molecule has 0 spiro atoms. The van der Waals surface area contributed by atoms with Crippen LogP contribution in [0, 0.1) is 17.4 Å². The fourth-order valence-corrected chi connectivity index (χ4v) is 3.37. The Bertz CT molecular complexity index is 450. The summed E-state index contributed by atoms with van der Waals surface area (Å²) in [6.45, 7) is 2.83. The van der Waals surface area contributed by atoms with E-state index in [-0.39, 0.29) is 11.9 Å². The van der Waals surface area contributed by atoms with Crippen LogP contribution in [0.25, 0.3) is 0 Å². The second kappa shape index (κ2) is 8.73. The summed E-state index contributed by atoms with van der Waals surface area (Å²) < 4.78 is 0. The molecule has 1 aliphatic heterocycles. The van der Waals surface area contributed by atoms with E-state index in [0.29, 0.717) is 25.4 Å². The fraction of sp³-hybridized carbons (Fsp3) is 0.812. The van der Waals surface area contributed by atoms with Crippen molar-refractivity contribution in [2.45, 2.75) is 44.6 Å². The second-order valence-electron chi connectivity index (χ2n) is 6.48. The molecular formula is C16H27N5O2. The van der Waals surface area contributed by atoms with E-state index in [1.807, 2.05) is 6.19 Å². The third-order valence-electron chi connectivity index (χ3n) is 4.77. The number of nitrogens with one attached hydrogen (secondary N) is 2. The average molecular weight is 321 g/mol. The van der Waals surface area contributed by atoms with Gasteiger partial charge in [-0.3, -0.25) is 9.69 Å². The fourth-order valence-electron chi connectivity index (χ4n) is 3.37. The predicted octanol–water partition coefficient (Wildman–Crippen LogP) is 0.880. The van der Waals surface area contributed by atoms with Crippen molar-refractivity contribution in [1.82, 2.24) is 20.4 Å². The minimum Gasteiger partial charge on any atom is -0.326 e. The SMILES string of the molecule is CN(C#N)C(=O)[C@H](CC1CCCCC1)NC(=O)N1CCNCC1. The quantitative estimate of drug-likeness (QED) is 0.594. The minimum absolute atomic E-state index is 0.202. The van der Waals surface area contributed by atoms with Crippen LogP contribution >= 0.6 is 0 Å². The van der Waals surface area contributed by atoms with Gasteiger partial charge in [-0.15, -0.1) is 0 Å². The largest absolute Gasteiger partial charge is 0.326 e.